The third-order valence-corrected chi connectivity index (χ3v) is 5.30. The van der Waals surface area contributed by atoms with E-state index in [0.29, 0.717) is 12.3 Å². The maximum absolute atomic E-state index is 12.6. The van der Waals surface area contributed by atoms with Crippen LogP contribution >= 0.6 is 0 Å². The van der Waals surface area contributed by atoms with E-state index >= 15 is 0 Å². The third kappa shape index (κ3) is 6.27. The predicted molar refractivity (Wildman–Crippen MR) is 106 cm³/mol. The number of amides is 1. The van der Waals surface area contributed by atoms with Crippen molar-refractivity contribution in [3.05, 3.63) is 54.0 Å². The predicted octanol–water partition coefficient (Wildman–Crippen LogP) is 5.07. The number of aryl methyl sites for hydroxylation is 1. The summed E-state index contributed by atoms with van der Waals surface area (Å²) in [6.07, 6.45) is 8.46. The van der Waals surface area contributed by atoms with Crippen LogP contribution in [0.4, 0.5) is 5.69 Å². The van der Waals surface area contributed by atoms with E-state index in [2.05, 4.69) is 20.1 Å². The quantitative estimate of drug-likeness (QED) is 0.564. The number of piperidine rings is 1. The number of rotatable bonds is 8. The molecule has 3 rings (SSSR count). The van der Waals surface area contributed by atoms with Crippen LogP contribution < -0.4 is 4.90 Å². The molecule has 1 amide bonds. The molecule has 0 bridgehead atoms. The van der Waals surface area contributed by atoms with Crippen molar-refractivity contribution in [3.63, 3.8) is 0 Å². The molecule has 1 saturated heterocycles. The second-order valence-electron chi connectivity index (χ2n) is 7.96. The molecule has 1 N–H and O–H groups in total. The fourth-order valence-electron chi connectivity index (χ4n) is 3.93. The molecule has 0 spiro atoms. The number of carbonyl (C=O) groups is 1. The summed E-state index contributed by atoms with van der Waals surface area (Å²) in [5.74, 6) is 1.60. The monoisotopic (exact) mass is 457 g/mol. The summed E-state index contributed by atoms with van der Waals surface area (Å²) in [7, 11) is 0. The first-order chi connectivity index (χ1) is 13.0. The van der Waals surface area contributed by atoms with Gasteiger partial charge in [0, 0.05) is 50.9 Å². The Morgan fingerprint density at radius 2 is 2.00 bits per heavy atom. The zero-order chi connectivity index (χ0) is 19.2. The van der Waals surface area contributed by atoms with Gasteiger partial charge in [0.25, 0.3) is 0 Å². The van der Waals surface area contributed by atoms with Crippen molar-refractivity contribution in [2.45, 2.75) is 70.9 Å². The Hall–Kier alpha value is -0.966. The molecular weight excluding hydrogens is 427 g/mol. The van der Waals surface area contributed by atoms with E-state index in [9.17, 15) is 9.90 Å². The SMILES string of the molecule is CC(C)CC(O)c1ccc(N2C(=O)CCCC2CCCc2cc[c-]o2)cc1.[Y]. The number of hydrogen-bond donors (Lipinski definition) is 1. The molecule has 2 unspecified atom stereocenters. The Bertz CT molecular complexity index is 712. The van der Waals surface area contributed by atoms with E-state index in [-0.39, 0.29) is 44.7 Å². The molecule has 0 saturated carbocycles. The van der Waals surface area contributed by atoms with Crippen LogP contribution in [-0.2, 0) is 43.9 Å². The van der Waals surface area contributed by atoms with Crippen molar-refractivity contribution in [1.29, 1.82) is 0 Å². The zero-order valence-electron chi connectivity index (χ0n) is 16.9. The van der Waals surface area contributed by atoms with E-state index < -0.39 is 6.10 Å². The minimum absolute atomic E-state index is 0. The number of benzene rings is 1. The minimum Gasteiger partial charge on any atom is -0.596 e. The second-order valence-corrected chi connectivity index (χ2v) is 7.96. The van der Waals surface area contributed by atoms with Crippen molar-refractivity contribution in [2.75, 3.05) is 4.90 Å². The molecule has 2 aromatic rings. The van der Waals surface area contributed by atoms with Crippen LogP contribution in [0.1, 0.15) is 69.8 Å². The first-order valence-corrected chi connectivity index (χ1v) is 10.1. The molecule has 28 heavy (non-hydrogen) atoms. The number of aliphatic hydroxyl groups is 1. The van der Waals surface area contributed by atoms with Gasteiger partial charge in [-0.05, 0) is 55.6 Å². The maximum atomic E-state index is 12.6. The number of nitrogens with zero attached hydrogens (tertiary/aromatic N) is 1. The van der Waals surface area contributed by atoms with Gasteiger partial charge in [-0.3, -0.25) is 4.79 Å². The van der Waals surface area contributed by atoms with Gasteiger partial charge >= 0.3 is 0 Å². The molecule has 4 nitrogen and oxygen atoms in total. The largest absolute Gasteiger partial charge is 0.596 e. The van der Waals surface area contributed by atoms with Gasteiger partial charge in [0.15, 0.2) is 0 Å². The Kier molecular flexibility index (Phi) is 9.39. The number of carbonyl (C=O) groups excluding carboxylic acids is 1. The van der Waals surface area contributed by atoms with Crippen LogP contribution in [0.25, 0.3) is 0 Å². The van der Waals surface area contributed by atoms with E-state index in [1.807, 2.05) is 35.2 Å². The molecule has 1 radical (unpaired) electrons. The van der Waals surface area contributed by atoms with Crippen LogP contribution in [0, 0.1) is 12.2 Å². The molecule has 5 heteroatoms. The Morgan fingerprint density at radius 1 is 1.25 bits per heavy atom. The number of aliphatic hydroxyl groups excluding tert-OH is 1. The molecule has 1 aliphatic heterocycles. The average Bonchev–Trinajstić information content (AvgIpc) is 3.15. The van der Waals surface area contributed by atoms with Crippen LogP contribution in [-0.4, -0.2) is 17.1 Å². The van der Waals surface area contributed by atoms with Crippen molar-refractivity contribution in [1.82, 2.24) is 0 Å². The second kappa shape index (κ2) is 11.3. The van der Waals surface area contributed by atoms with Gasteiger partial charge in [-0.1, -0.05) is 44.6 Å². The fourth-order valence-corrected chi connectivity index (χ4v) is 3.93. The summed E-state index contributed by atoms with van der Waals surface area (Å²) in [5.41, 5.74) is 1.86. The van der Waals surface area contributed by atoms with E-state index in [4.69, 9.17) is 4.42 Å². The molecule has 1 aliphatic rings. The maximum Gasteiger partial charge on any atom is 0.227 e. The standard InChI is InChI=1S/C23H30NO3.Y/c1-17(2)16-22(25)18-11-13-20(14-12-18)24-19(7-4-10-23(24)26)6-3-8-21-9-5-15-27-21;/h5,9,11-14,17,19,22,25H,3-4,6-8,10,16H2,1-2H3;/q-1;. The van der Waals surface area contributed by atoms with Crippen molar-refractivity contribution in [2.24, 2.45) is 5.92 Å². The Labute approximate surface area is 193 Å². The summed E-state index contributed by atoms with van der Waals surface area (Å²) < 4.78 is 5.29. The molecule has 149 valence electrons. The number of hydrogen-bond acceptors (Lipinski definition) is 3. The van der Waals surface area contributed by atoms with Crippen LogP contribution in [0.5, 0.6) is 0 Å². The fraction of sp³-hybridized carbons (Fsp3) is 0.522. The molecule has 1 aromatic carbocycles. The van der Waals surface area contributed by atoms with Gasteiger partial charge in [-0.25, -0.2) is 0 Å². The first-order valence-electron chi connectivity index (χ1n) is 10.1. The van der Waals surface area contributed by atoms with E-state index in [1.54, 1.807) is 6.07 Å². The van der Waals surface area contributed by atoms with Gasteiger partial charge in [-0.2, -0.15) is 6.07 Å². The van der Waals surface area contributed by atoms with Crippen molar-refractivity contribution >= 4 is 11.6 Å². The number of anilines is 1. The molecular formula is C23H30NO3Y-. The summed E-state index contributed by atoms with van der Waals surface area (Å²) in [6.45, 7) is 4.21. The molecule has 1 fully saturated rings. The Balaban J connectivity index is 0.00000280. The van der Waals surface area contributed by atoms with Crippen molar-refractivity contribution < 1.29 is 47.0 Å². The minimum atomic E-state index is -0.447. The van der Waals surface area contributed by atoms with Crippen molar-refractivity contribution in [3.8, 4) is 0 Å². The van der Waals surface area contributed by atoms with Crippen LogP contribution in [0.15, 0.2) is 40.8 Å². The van der Waals surface area contributed by atoms with E-state index in [1.165, 1.54) is 0 Å². The normalized spacial score (nSPS) is 18.2. The zero-order valence-corrected chi connectivity index (χ0v) is 19.8. The molecule has 2 heterocycles. The molecule has 1 aromatic heterocycles. The summed E-state index contributed by atoms with van der Waals surface area (Å²) in [4.78, 5) is 14.6. The Morgan fingerprint density at radius 3 is 2.64 bits per heavy atom. The third-order valence-electron chi connectivity index (χ3n) is 5.30. The van der Waals surface area contributed by atoms with Gasteiger partial charge in [0.2, 0.25) is 5.91 Å². The van der Waals surface area contributed by atoms with Crippen LogP contribution in [0.2, 0.25) is 0 Å². The average molecular weight is 457 g/mol. The van der Waals surface area contributed by atoms with Gasteiger partial charge in [0.05, 0.1) is 6.10 Å². The molecule has 2 atom stereocenters. The topological polar surface area (TPSA) is 53.7 Å². The molecule has 0 aliphatic carbocycles. The summed E-state index contributed by atoms with van der Waals surface area (Å²) >= 11 is 0. The van der Waals surface area contributed by atoms with Gasteiger partial charge < -0.3 is 14.4 Å². The first kappa shape index (κ1) is 23.3. The number of furan rings is 1. The van der Waals surface area contributed by atoms with Gasteiger partial charge in [-0.15, -0.1) is 6.07 Å². The smallest absolute Gasteiger partial charge is 0.227 e. The van der Waals surface area contributed by atoms with Gasteiger partial charge in [0.1, 0.15) is 0 Å². The summed E-state index contributed by atoms with van der Waals surface area (Å²) in [6, 6.07) is 11.9. The van der Waals surface area contributed by atoms with Crippen LogP contribution in [0.3, 0.4) is 0 Å². The van der Waals surface area contributed by atoms with E-state index in [0.717, 1.165) is 55.5 Å². The summed E-state index contributed by atoms with van der Waals surface area (Å²) in [5, 5.41) is 10.3.